The van der Waals surface area contributed by atoms with Crippen LogP contribution in [0.1, 0.15) is 18.9 Å². The molecule has 0 saturated carbocycles. The summed E-state index contributed by atoms with van der Waals surface area (Å²) in [6, 6.07) is 1.84. The maximum Gasteiger partial charge on any atom is 0.335 e. The van der Waals surface area contributed by atoms with Crippen molar-refractivity contribution in [1.29, 1.82) is 0 Å². The zero-order chi connectivity index (χ0) is 13.4. The number of esters is 1. The molecule has 0 unspecified atom stereocenters. The molecule has 0 aromatic carbocycles. The lowest BCUT2D eigenvalue weighted by Crippen LogP contribution is -2.11. The summed E-state index contributed by atoms with van der Waals surface area (Å²) in [5, 5.41) is 12.4. The first-order valence-corrected chi connectivity index (χ1v) is 6.19. The summed E-state index contributed by atoms with van der Waals surface area (Å²) in [6.07, 6.45) is 0.904. The Kier molecular flexibility index (Phi) is 5.68. The minimum Gasteiger partial charge on any atom is -0.481 e. The first kappa shape index (κ1) is 14.0. The second-order valence-corrected chi connectivity index (χ2v) is 4.02. The van der Waals surface area contributed by atoms with Crippen LogP contribution in [-0.2, 0) is 14.3 Å². The van der Waals surface area contributed by atoms with Crippen LogP contribution in [0.15, 0.2) is 28.5 Å². The van der Waals surface area contributed by atoms with Crippen LogP contribution in [-0.4, -0.2) is 23.7 Å². The molecule has 0 aliphatic heterocycles. The van der Waals surface area contributed by atoms with Gasteiger partial charge < -0.3 is 9.84 Å². The van der Waals surface area contributed by atoms with E-state index in [1.165, 1.54) is 17.4 Å². The molecule has 0 saturated heterocycles. The molecule has 0 bridgehead atoms. The molecule has 1 aromatic rings. The van der Waals surface area contributed by atoms with Gasteiger partial charge in [0.15, 0.2) is 0 Å². The molecule has 0 radical (unpaired) electrons. The van der Waals surface area contributed by atoms with E-state index in [-0.39, 0.29) is 12.2 Å². The minimum atomic E-state index is -1.09. The van der Waals surface area contributed by atoms with Gasteiger partial charge in [0.05, 0.1) is 18.6 Å². The van der Waals surface area contributed by atoms with Crippen molar-refractivity contribution in [1.82, 2.24) is 0 Å². The van der Waals surface area contributed by atoms with Crippen LogP contribution in [0.3, 0.4) is 0 Å². The molecule has 1 rings (SSSR count). The first-order chi connectivity index (χ1) is 8.63. The quantitative estimate of drug-likeness (QED) is 0.513. The Bertz CT molecular complexity index is 503. The molecule has 5 heteroatoms. The summed E-state index contributed by atoms with van der Waals surface area (Å²) < 4.78 is 4.76. The maximum absolute atomic E-state index is 11.5. The number of carboxylic acids is 1. The van der Waals surface area contributed by atoms with Crippen molar-refractivity contribution in [3.8, 4) is 11.8 Å². The third-order valence-electron chi connectivity index (χ3n) is 1.86. The number of hydrogen-bond acceptors (Lipinski definition) is 4. The van der Waals surface area contributed by atoms with Gasteiger partial charge in [-0.1, -0.05) is 11.8 Å². The van der Waals surface area contributed by atoms with Crippen molar-refractivity contribution in [2.24, 2.45) is 0 Å². The van der Waals surface area contributed by atoms with Crippen LogP contribution < -0.4 is 0 Å². The average molecular weight is 264 g/mol. The van der Waals surface area contributed by atoms with Gasteiger partial charge in [-0.15, -0.1) is 0 Å². The van der Waals surface area contributed by atoms with Gasteiger partial charge in [-0.05, 0) is 24.4 Å². The Morgan fingerprint density at radius 2 is 2.33 bits per heavy atom. The monoisotopic (exact) mass is 264 g/mol. The van der Waals surface area contributed by atoms with Gasteiger partial charge >= 0.3 is 11.9 Å². The topological polar surface area (TPSA) is 63.6 Å². The number of hydrogen-bond donors (Lipinski definition) is 1. The third kappa shape index (κ3) is 4.85. The molecule has 18 heavy (non-hydrogen) atoms. The van der Waals surface area contributed by atoms with E-state index in [1.54, 1.807) is 6.92 Å². The van der Waals surface area contributed by atoms with Crippen molar-refractivity contribution in [3.05, 3.63) is 34.0 Å². The van der Waals surface area contributed by atoms with Crippen LogP contribution in [0.5, 0.6) is 0 Å². The van der Waals surface area contributed by atoms with Gasteiger partial charge in [0.25, 0.3) is 0 Å². The molecule has 0 fully saturated rings. The lowest BCUT2D eigenvalue weighted by molar-refractivity contribution is -0.142. The molecule has 1 N–H and O–H groups in total. The van der Waals surface area contributed by atoms with Crippen LogP contribution in [0.25, 0.3) is 0 Å². The number of carboxylic acid groups (broad SMARTS) is 1. The van der Waals surface area contributed by atoms with E-state index in [9.17, 15) is 9.59 Å². The molecule has 0 spiro atoms. The normalized spacial score (nSPS) is 10.4. The standard InChI is InChI=1S/C13H12O4S/c1-2-17-13(16)11(8-12(14)15)5-3-4-10-6-7-18-9-10/h5-7,9H,2,8H2,1H3,(H,14,15)/b11-5+. The Morgan fingerprint density at radius 3 is 2.89 bits per heavy atom. The van der Waals surface area contributed by atoms with Crippen LogP contribution in [0.4, 0.5) is 0 Å². The van der Waals surface area contributed by atoms with Crippen molar-refractivity contribution >= 4 is 23.3 Å². The van der Waals surface area contributed by atoms with E-state index in [0.717, 1.165) is 5.56 Å². The van der Waals surface area contributed by atoms with Gasteiger partial charge in [-0.3, -0.25) is 4.79 Å². The fourth-order valence-corrected chi connectivity index (χ4v) is 1.70. The van der Waals surface area contributed by atoms with Crippen molar-refractivity contribution in [2.75, 3.05) is 6.61 Å². The Balaban J connectivity index is 2.81. The van der Waals surface area contributed by atoms with Gasteiger partial charge in [-0.25, -0.2) is 4.79 Å². The average Bonchev–Trinajstić information content (AvgIpc) is 2.80. The van der Waals surface area contributed by atoms with E-state index in [2.05, 4.69) is 11.8 Å². The van der Waals surface area contributed by atoms with Crippen molar-refractivity contribution < 1.29 is 19.4 Å². The SMILES string of the molecule is CCOC(=O)/C(=C/C#Cc1ccsc1)CC(=O)O. The number of aliphatic carboxylic acids is 1. The predicted octanol–water partition coefficient (Wildman–Crippen LogP) is 2.06. The fraction of sp³-hybridized carbons (Fsp3) is 0.231. The molecule has 0 atom stereocenters. The highest BCUT2D eigenvalue weighted by molar-refractivity contribution is 7.08. The van der Waals surface area contributed by atoms with Crippen LogP contribution in [0.2, 0.25) is 0 Å². The van der Waals surface area contributed by atoms with Crippen molar-refractivity contribution in [3.63, 3.8) is 0 Å². The summed E-state index contributed by atoms with van der Waals surface area (Å²) in [4.78, 5) is 22.1. The molecule has 0 aliphatic carbocycles. The first-order valence-electron chi connectivity index (χ1n) is 5.25. The Labute approximate surface area is 109 Å². The number of carbonyl (C=O) groups excluding carboxylic acids is 1. The molecule has 4 nitrogen and oxygen atoms in total. The number of ether oxygens (including phenoxy) is 1. The fourth-order valence-electron chi connectivity index (χ4n) is 1.11. The van der Waals surface area contributed by atoms with Crippen LogP contribution in [0, 0.1) is 11.8 Å². The largest absolute Gasteiger partial charge is 0.481 e. The Morgan fingerprint density at radius 1 is 1.56 bits per heavy atom. The van der Waals surface area contributed by atoms with Gasteiger partial charge in [-0.2, -0.15) is 11.3 Å². The third-order valence-corrected chi connectivity index (χ3v) is 2.55. The summed E-state index contributed by atoms with van der Waals surface area (Å²) in [7, 11) is 0. The maximum atomic E-state index is 11.5. The molecule has 0 aliphatic rings. The van der Waals surface area contributed by atoms with Crippen LogP contribution >= 0.6 is 11.3 Å². The molecular formula is C13H12O4S. The highest BCUT2D eigenvalue weighted by Crippen LogP contribution is 2.06. The Hall–Kier alpha value is -2.06. The van der Waals surface area contributed by atoms with E-state index in [0.29, 0.717) is 0 Å². The van der Waals surface area contributed by atoms with E-state index in [1.807, 2.05) is 16.8 Å². The summed E-state index contributed by atoms with van der Waals surface area (Å²) in [5.74, 6) is 3.74. The summed E-state index contributed by atoms with van der Waals surface area (Å²) >= 11 is 1.51. The second kappa shape index (κ2) is 7.30. The number of carbonyl (C=O) groups is 2. The highest BCUT2D eigenvalue weighted by Gasteiger charge is 2.13. The number of rotatable bonds is 4. The molecule has 0 amide bonds. The predicted molar refractivity (Wildman–Crippen MR) is 68.2 cm³/mol. The lowest BCUT2D eigenvalue weighted by atomic mass is 10.2. The molecule has 94 valence electrons. The molecule has 1 heterocycles. The zero-order valence-corrected chi connectivity index (χ0v) is 10.6. The second-order valence-electron chi connectivity index (χ2n) is 3.24. The minimum absolute atomic E-state index is 0.0482. The zero-order valence-electron chi connectivity index (χ0n) is 9.80. The summed E-state index contributed by atoms with van der Waals surface area (Å²) in [5.41, 5.74) is 0.877. The highest BCUT2D eigenvalue weighted by atomic mass is 32.1. The number of allylic oxidation sites excluding steroid dienone is 1. The van der Waals surface area contributed by atoms with E-state index in [4.69, 9.17) is 9.84 Å². The van der Waals surface area contributed by atoms with Gasteiger partial charge in [0, 0.05) is 10.9 Å². The van der Waals surface area contributed by atoms with E-state index < -0.39 is 18.4 Å². The van der Waals surface area contributed by atoms with Crippen molar-refractivity contribution in [2.45, 2.75) is 13.3 Å². The number of thiophene rings is 1. The van der Waals surface area contributed by atoms with E-state index >= 15 is 0 Å². The smallest absolute Gasteiger partial charge is 0.335 e. The van der Waals surface area contributed by atoms with Gasteiger partial charge in [0.1, 0.15) is 0 Å². The molecular weight excluding hydrogens is 252 g/mol. The van der Waals surface area contributed by atoms with Gasteiger partial charge in [0.2, 0.25) is 0 Å². The molecule has 1 aromatic heterocycles. The lowest BCUT2D eigenvalue weighted by Gasteiger charge is -2.02. The summed E-state index contributed by atoms with van der Waals surface area (Å²) in [6.45, 7) is 1.86.